The molecule has 2 aliphatic rings. The maximum atomic E-state index is 10.3. The number of rotatable bonds is 10. The Morgan fingerprint density at radius 1 is 0.561 bits per heavy atom. The molecule has 0 saturated carbocycles. The van der Waals surface area contributed by atoms with Gasteiger partial charge < -0.3 is 18.9 Å². The minimum Gasteiger partial charge on any atom is -0.468 e. The van der Waals surface area contributed by atoms with Crippen LogP contribution in [0.3, 0.4) is 0 Å². The number of fused-ring (bicyclic) bond motifs is 4. The van der Waals surface area contributed by atoms with Gasteiger partial charge in [-0.15, -0.1) is 0 Å². The molecule has 0 fully saturated rings. The Kier molecular flexibility index (Phi) is 9.23. The minimum atomic E-state index is -0.331. The second-order valence-electron chi connectivity index (χ2n) is 16.0. The van der Waals surface area contributed by atoms with E-state index in [0.717, 1.165) is 24.0 Å². The summed E-state index contributed by atoms with van der Waals surface area (Å²) in [5.74, 6) is 4.21. The molecule has 0 aliphatic heterocycles. The Hall–Kier alpha value is -7.02. The fraction of sp³-hybridized carbons (Fsp3) is 0.176. The highest BCUT2D eigenvalue weighted by Crippen LogP contribution is 2.63. The SMILES string of the molecule is [C-]#[N+]c1c(Oc2ccc(C=C)cc2)cccc1Oc1ccc2c(c1)C1(CC(C)(C)c3ccc(Oc4cccc(Oc5ccc(C=C)cc5)c4C#N)cc31)CC2(C)C. The molecule has 0 aromatic heterocycles. The van der Waals surface area contributed by atoms with Crippen molar-refractivity contribution < 1.29 is 18.9 Å². The number of para-hydroxylation sites is 1. The first-order valence-electron chi connectivity index (χ1n) is 19.0. The van der Waals surface area contributed by atoms with E-state index in [1.807, 2.05) is 72.8 Å². The Bertz CT molecular complexity index is 2460. The van der Waals surface area contributed by atoms with E-state index >= 15 is 0 Å². The molecule has 0 bridgehead atoms. The van der Waals surface area contributed by atoms with Gasteiger partial charge in [0.2, 0.25) is 0 Å². The number of nitriles is 1. The lowest BCUT2D eigenvalue weighted by Gasteiger charge is -2.30. The number of hydrogen-bond acceptors (Lipinski definition) is 5. The lowest BCUT2D eigenvalue weighted by molar-refractivity contribution is 0.349. The molecule has 57 heavy (non-hydrogen) atoms. The fourth-order valence-electron chi connectivity index (χ4n) is 8.85. The molecule has 280 valence electrons. The molecule has 6 heteroatoms. The van der Waals surface area contributed by atoms with Gasteiger partial charge in [0.25, 0.3) is 5.69 Å². The fourth-order valence-corrected chi connectivity index (χ4v) is 8.85. The summed E-state index contributed by atoms with van der Waals surface area (Å²) >= 11 is 0. The summed E-state index contributed by atoms with van der Waals surface area (Å²) in [4.78, 5) is 3.84. The monoisotopic (exact) mass is 746 g/mol. The van der Waals surface area contributed by atoms with E-state index in [1.54, 1.807) is 36.4 Å². The Labute approximate surface area is 334 Å². The van der Waals surface area contributed by atoms with Gasteiger partial charge in [0, 0.05) is 5.41 Å². The van der Waals surface area contributed by atoms with Crippen LogP contribution in [-0.4, -0.2) is 0 Å². The van der Waals surface area contributed by atoms with E-state index in [4.69, 9.17) is 25.5 Å². The van der Waals surface area contributed by atoms with Crippen molar-refractivity contribution in [2.45, 2.75) is 56.8 Å². The van der Waals surface area contributed by atoms with Crippen LogP contribution < -0.4 is 18.9 Å². The van der Waals surface area contributed by atoms with Gasteiger partial charge in [0.05, 0.1) is 6.57 Å². The standard InChI is InChI=1S/C51H42N2O4/c1-8-33-16-20-35(21-17-33)54-44-12-10-13-45(39(44)30-52)56-37-24-26-40-42(28-37)51(31-49(40,3)4)32-50(5,6)41-27-25-38(29-43(41)51)57-47-15-11-14-46(48(47)53-7)55-36-22-18-34(9-2)19-23-36/h8-29H,1-2,31-32H2,3-6H3. The molecule has 1 unspecified atom stereocenters. The van der Waals surface area contributed by atoms with Crippen molar-refractivity contribution in [1.29, 1.82) is 5.26 Å². The zero-order valence-electron chi connectivity index (χ0n) is 32.6. The van der Waals surface area contributed by atoms with E-state index in [1.165, 1.54) is 22.3 Å². The summed E-state index contributed by atoms with van der Waals surface area (Å²) in [6.45, 7) is 24.9. The van der Waals surface area contributed by atoms with Crippen LogP contribution in [-0.2, 0) is 16.2 Å². The molecule has 0 radical (unpaired) electrons. The molecular formula is C51H42N2O4. The molecule has 0 N–H and O–H groups in total. The highest BCUT2D eigenvalue weighted by Gasteiger charge is 2.56. The van der Waals surface area contributed by atoms with Gasteiger partial charge in [0.15, 0.2) is 0 Å². The number of ether oxygens (including phenoxy) is 4. The lowest BCUT2D eigenvalue weighted by atomic mass is 9.72. The minimum absolute atomic E-state index is 0.123. The third-order valence-electron chi connectivity index (χ3n) is 11.3. The second kappa shape index (κ2) is 14.2. The van der Waals surface area contributed by atoms with E-state index in [0.29, 0.717) is 57.2 Å². The van der Waals surface area contributed by atoms with E-state index < -0.39 is 0 Å². The van der Waals surface area contributed by atoms with Crippen LogP contribution in [0.5, 0.6) is 46.0 Å². The van der Waals surface area contributed by atoms with Crippen LogP contribution >= 0.6 is 0 Å². The summed E-state index contributed by atoms with van der Waals surface area (Å²) in [6.07, 6.45) is 5.35. The summed E-state index contributed by atoms with van der Waals surface area (Å²) < 4.78 is 25.4. The van der Waals surface area contributed by atoms with Gasteiger partial charge in [-0.2, -0.15) is 5.26 Å². The third kappa shape index (κ3) is 6.70. The smallest absolute Gasteiger partial charge is 0.270 e. The molecule has 0 saturated heterocycles. The molecule has 0 heterocycles. The lowest BCUT2D eigenvalue weighted by Crippen LogP contribution is -2.27. The first-order chi connectivity index (χ1) is 27.5. The predicted molar refractivity (Wildman–Crippen MR) is 226 cm³/mol. The van der Waals surface area contributed by atoms with E-state index in [2.05, 4.69) is 76.0 Å². The first kappa shape index (κ1) is 36.9. The Morgan fingerprint density at radius 3 is 1.37 bits per heavy atom. The normalized spacial score (nSPS) is 16.7. The summed E-state index contributed by atoms with van der Waals surface area (Å²) in [5, 5.41) is 10.3. The molecule has 6 aromatic rings. The topological polar surface area (TPSA) is 65.1 Å². The summed E-state index contributed by atoms with van der Waals surface area (Å²) in [7, 11) is 0. The Balaban J connectivity index is 1.14. The van der Waals surface area contributed by atoms with Crippen LogP contribution in [0.2, 0.25) is 0 Å². The quantitative estimate of drug-likeness (QED) is 0.131. The second-order valence-corrected chi connectivity index (χ2v) is 16.0. The van der Waals surface area contributed by atoms with Crippen LogP contribution in [0.15, 0.2) is 134 Å². The predicted octanol–water partition coefficient (Wildman–Crippen LogP) is 14.2. The highest BCUT2D eigenvalue weighted by atomic mass is 16.5. The van der Waals surface area contributed by atoms with Crippen molar-refractivity contribution in [2.75, 3.05) is 0 Å². The maximum Gasteiger partial charge on any atom is 0.270 e. The van der Waals surface area contributed by atoms with Gasteiger partial charge in [-0.25, -0.2) is 4.85 Å². The number of nitrogens with zero attached hydrogens (tertiary/aromatic N) is 2. The average Bonchev–Trinajstić information content (AvgIpc) is 3.57. The van der Waals surface area contributed by atoms with Gasteiger partial charge in [-0.3, -0.25) is 0 Å². The van der Waals surface area contributed by atoms with E-state index in [-0.39, 0.29) is 16.2 Å². The van der Waals surface area contributed by atoms with Crippen LogP contribution in [0.25, 0.3) is 17.0 Å². The van der Waals surface area contributed by atoms with Crippen LogP contribution in [0, 0.1) is 17.9 Å². The van der Waals surface area contributed by atoms with Gasteiger partial charge >= 0.3 is 0 Å². The number of hydrogen-bond donors (Lipinski definition) is 0. The molecule has 6 nitrogen and oxygen atoms in total. The van der Waals surface area contributed by atoms with Gasteiger partial charge in [0.1, 0.15) is 57.6 Å². The van der Waals surface area contributed by atoms with Crippen LogP contribution in [0.1, 0.15) is 79.5 Å². The van der Waals surface area contributed by atoms with Gasteiger partial charge in [-0.1, -0.05) is 102 Å². The zero-order valence-corrected chi connectivity index (χ0v) is 32.6. The average molecular weight is 747 g/mol. The zero-order chi connectivity index (χ0) is 40.0. The molecule has 1 spiro atoms. The summed E-state index contributed by atoms with van der Waals surface area (Å²) in [5.41, 5.74) is 6.96. The van der Waals surface area contributed by atoms with Crippen molar-refractivity contribution in [3.63, 3.8) is 0 Å². The third-order valence-corrected chi connectivity index (χ3v) is 11.3. The maximum absolute atomic E-state index is 10.3. The van der Waals surface area contributed by atoms with Crippen molar-refractivity contribution in [1.82, 2.24) is 0 Å². The largest absolute Gasteiger partial charge is 0.468 e. The molecule has 8 rings (SSSR count). The molecular weight excluding hydrogens is 705 g/mol. The van der Waals surface area contributed by atoms with Crippen LogP contribution in [0.4, 0.5) is 5.69 Å². The highest BCUT2D eigenvalue weighted by molar-refractivity contribution is 5.69. The number of benzene rings is 6. The molecule has 2 aliphatic carbocycles. The molecule has 1 atom stereocenters. The van der Waals surface area contributed by atoms with Crippen molar-refractivity contribution in [3.05, 3.63) is 185 Å². The van der Waals surface area contributed by atoms with Gasteiger partial charge in [-0.05, 0) is 130 Å². The van der Waals surface area contributed by atoms with Crippen molar-refractivity contribution in [3.8, 4) is 52.1 Å². The Morgan fingerprint density at radius 2 is 0.947 bits per heavy atom. The van der Waals surface area contributed by atoms with E-state index in [9.17, 15) is 5.26 Å². The summed E-state index contributed by atoms with van der Waals surface area (Å²) in [6, 6.07) is 40.9. The van der Waals surface area contributed by atoms with Crippen molar-refractivity contribution >= 4 is 17.8 Å². The van der Waals surface area contributed by atoms with Crippen molar-refractivity contribution in [2.24, 2.45) is 0 Å². The first-order valence-corrected chi connectivity index (χ1v) is 19.0. The molecule has 0 amide bonds. The molecule has 6 aromatic carbocycles.